The van der Waals surface area contributed by atoms with Crippen LogP contribution in [0.2, 0.25) is 0 Å². The Balaban J connectivity index is 3.47. The molecule has 134 valence electrons. The van der Waals surface area contributed by atoms with Gasteiger partial charge in [-0.05, 0) is 0 Å². The van der Waals surface area contributed by atoms with Gasteiger partial charge in [-0.3, -0.25) is 0 Å². The fraction of sp³-hybridized carbons (Fsp3) is 1.00. The zero-order valence-corrected chi connectivity index (χ0v) is 15.6. The molecule has 0 aliphatic heterocycles. The van der Waals surface area contributed by atoms with Crippen molar-refractivity contribution < 1.29 is 27.9 Å². The molecule has 6 heteroatoms. The molecule has 0 spiro atoms. The van der Waals surface area contributed by atoms with Crippen LogP contribution in [0.4, 0.5) is 0 Å². The average molecular weight is 322 g/mol. The molecule has 0 N–H and O–H groups in total. The van der Waals surface area contributed by atoms with Crippen molar-refractivity contribution in [2.45, 2.75) is 0 Å². The Kier molecular flexibility index (Phi) is 12.1. The van der Waals surface area contributed by atoms with E-state index in [-0.39, 0.29) is 0 Å². The first kappa shape index (κ1) is 21.8. The van der Waals surface area contributed by atoms with Gasteiger partial charge in [0.2, 0.25) is 0 Å². The van der Waals surface area contributed by atoms with Crippen LogP contribution in [0.3, 0.4) is 0 Å². The lowest BCUT2D eigenvalue weighted by atomic mass is 10.4. The smallest absolute Gasteiger partial charge is 0.102 e. The van der Waals surface area contributed by atoms with Crippen LogP contribution in [-0.2, 0) is 18.9 Å². The molecule has 0 saturated carbocycles. The second kappa shape index (κ2) is 12.2. The summed E-state index contributed by atoms with van der Waals surface area (Å²) in [7, 11) is 12.3. The number of likely N-dealkylation sites (N-methyl/N-ethyl adjacent to an activating group) is 2. The van der Waals surface area contributed by atoms with Crippen molar-refractivity contribution in [1.29, 1.82) is 0 Å². The SMILES string of the molecule is COCC[N+](C)(C)CCOCCOCC[N+](C)(C)CCOC. The molecule has 0 heterocycles. The van der Waals surface area contributed by atoms with E-state index in [2.05, 4.69) is 28.2 Å². The molecule has 0 saturated heterocycles. The molecule has 0 aromatic heterocycles. The minimum absolute atomic E-state index is 0.662. The van der Waals surface area contributed by atoms with Crippen molar-refractivity contribution in [1.82, 2.24) is 0 Å². The Bertz CT molecular complexity index is 235. The molecule has 22 heavy (non-hydrogen) atoms. The van der Waals surface area contributed by atoms with Crippen molar-refractivity contribution in [3.63, 3.8) is 0 Å². The van der Waals surface area contributed by atoms with Crippen molar-refractivity contribution in [3.8, 4) is 0 Å². The second-order valence-electron chi connectivity index (χ2n) is 6.98. The van der Waals surface area contributed by atoms with Crippen LogP contribution in [0.15, 0.2) is 0 Å². The van der Waals surface area contributed by atoms with Gasteiger partial charge in [0, 0.05) is 14.2 Å². The van der Waals surface area contributed by atoms with Crippen molar-refractivity contribution in [3.05, 3.63) is 0 Å². The van der Waals surface area contributed by atoms with E-state index in [0.29, 0.717) is 13.2 Å². The molecule has 0 atom stereocenters. The van der Waals surface area contributed by atoms with Crippen LogP contribution in [0.5, 0.6) is 0 Å². The first-order valence-electron chi connectivity index (χ1n) is 8.10. The van der Waals surface area contributed by atoms with Crippen LogP contribution in [0, 0.1) is 0 Å². The Morgan fingerprint density at radius 3 is 1.14 bits per heavy atom. The zero-order chi connectivity index (χ0) is 16.9. The highest BCUT2D eigenvalue weighted by molar-refractivity contribution is 4.38. The molecule has 0 aliphatic carbocycles. The van der Waals surface area contributed by atoms with Crippen molar-refractivity contribution in [2.75, 3.05) is 108 Å². The summed E-state index contributed by atoms with van der Waals surface area (Å²) >= 11 is 0. The number of ether oxygens (including phenoxy) is 4. The van der Waals surface area contributed by atoms with Gasteiger partial charge < -0.3 is 27.9 Å². The summed E-state index contributed by atoms with van der Waals surface area (Å²) < 4.78 is 23.3. The van der Waals surface area contributed by atoms with Gasteiger partial charge in [0.15, 0.2) is 0 Å². The minimum Gasteiger partial charge on any atom is -0.379 e. The van der Waals surface area contributed by atoms with E-state index in [9.17, 15) is 0 Å². The monoisotopic (exact) mass is 322 g/mol. The van der Waals surface area contributed by atoms with E-state index < -0.39 is 0 Å². The quantitative estimate of drug-likeness (QED) is 0.324. The third-order valence-electron chi connectivity index (χ3n) is 3.86. The van der Waals surface area contributed by atoms with Gasteiger partial charge in [-0.1, -0.05) is 0 Å². The normalized spacial score (nSPS) is 12.8. The second-order valence-corrected chi connectivity index (χ2v) is 6.98. The van der Waals surface area contributed by atoms with E-state index in [4.69, 9.17) is 18.9 Å². The summed E-state index contributed by atoms with van der Waals surface area (Å²) in [4.78, 5) is 0. The number of methoxy groups -OCH3 is 2. The first-order valence-corrected chi connectivity index (χ1v) is 8.10. The van der Waals surface area contributed by atoms with Crippen molar-refractivity contribution >= 4 is 0 Å². The Hall–Kier alpha value is -0.240. The summed E-state index contributed by atoms with van der Waals surface area (Å²) in [6.07, 6.45) is 0. The van der Waals surface area contributed by atoms with Crippen LogP contribution in [0.25, 0.3) is 0 Å². The van der Waals surface area contributed by atoms with Crippen LogP contribution < -0.4 is 0 Å². The summed E-state index contributed by atoms with van der Waals surface area (Å²) in [5.41, 5.74) is 0. The Morgan fingerprint density at radius 2 is 0.818 bits per heavy atom. The van der Waals surface area contributed by atoms with Gasteiger partial charge in [-0.2, -0.15) is 0 Å². The lowest BCUT2D eigenvalue weighted by Crippen LogP contribution is -2.45. The molecule has 0 aromatic rings. The predicted octanol–water partition coefficient (Wildman–Crippen LogP) is 0.465. The lowest BCUT2D eigenvalue weighted by Gasteiger charge is -2.29. The van der Waals surface area contributed by atoms with E-state index in [1.54, 1.807) is 14.2 Å². The molecule has 0 rings (SSSR count). The number of quaternary nitrogens is 2. The minimum atomic E-state index is 0.662. The van der Waals surface area contributed by atoms with Gasteiger partial charge in [0.05, 0.1) is 67.8 Å². The fourth-order valence-electron chi connectivity index (χ4n) is 1.85. The molecule has 0 radical (unpaired) electrons. The molecule has 0 aromatic carbocycles. The largest absolute Gasteiger partial charge is 0.379 e. The number of rotatable bonds is 15. The standard InChI is InChI=1S/C16H38N2O4/c1-17(2,7-11-19-5)9-13-21-15-16-22-14-10-18(3,4)8-12-20-6/h7-16H2,1-6H3/q+2. The summed E-state index contributed by atoms with van der Waals surface area (Å²) in [5, 5.41) is 0. The number of nitrogens with zero attached hydrogens (tertiary/aromatic N) is 2. The van der Waals surface area contributed by atoms with E-state index in [1.807, 2.05) is 0 Å². The van der Waals surface area contributed by atoms with E-state index >= 15 is 0 Å². The summed E-state index contributed by atoms with van der Waals surface area (Å²) in [6, 6.07) is 0. The highest BCUT2D eigenvalue weighted by atomic mass is 16.5. The highest BCUT2D eigenvalue weighted by Crippen LogP contribution is 1.98. The zero-order valence-electron chi connectivity index (χ0n) is 15.6. The van der Waals surface area contributed by atoms with Crippen molar-refractivity contribution in [2.24, 2.45) is 0 Å². The average Bonchev–Trinajstić information content (AvgIpc) is 2.46. The molecule has 0 unspecified atom stereocenters. The number of hydrogen-bond donors (Lipinski definition) is 0. The maximum atomic E-state index is 5.64. The summed E-state index contributed by atoms with van der Waals surface area (Å²) in [5.74, 6) is 0. The Morgan fingerprint density at radius 1 is 0.500 bits per heavy atom. The van der Waals surface area contributed by atoms with Gasteiger partial charge in [-0.15, -0.1) is 0 Å². The maximum absolute atomic E-state index is 5.64. The number of hydrogen-bond acceptors (Lipinski definition) is 4. The lowest BCUT2D eigenvalue weighted by molar-refractivity contribution is -0.891. The molecule has 0 bridgehead atoms. The maximum Gasteiger partial charge on any atom is 0.102 e. The first-order chi connectivity index (χ1) is 10.3. The Labute approximate surface area is 137 Å². The van der Waals surface area contributed by atoms with Gasteiger partial charge in [-0.25, -0.2) is 0 Å². The highest BCUT2D eigenvalue weighted by Gasteiger charge is 2.15. The molecule has 0 amide bonds. The molecule has 0 aliphatic rings. The van der Waals surface area contributed by atoms with Gasteiger partial charge in [0.1, 0.15) is 26.2 Å². The van der Waals surface area contributed by atoms with Crippen LogP contribution in [-0.4, -0.2) is 117 Å². The van der Waals surface area contributed by atoms with Crippen LogP contribution >= 0.6 is 0 Å². The molecule has 6 nitrogen and oxygen atoms in total. The van der Waals surface area contributed by atoms with Crippen LogP contribution in [0.1, 0.15) is 0 Å². The van der Waals surface area contributed by atoms with Gasteiger partial charge in [0.25, 0.3) is 0 Å². The third-order valence-corrected chi connectivity index (χ3v) is 3.86. The molecule has 0 fully saturated rings. The predicted molar refractivity (Wildman–Crippen MR) is 89.1 cm³/mol. The van der Waals surface area contributed by atoms with Gasteiger partial charge >= 0.3 is 0 Å². The van der Waals surface area contributed by atoms with E-state index in [1.165, 1.54) is 0 Å². The van der Waals surface area contributed by atoms with E-state index in [0.717, 1.165) is 61.6 Å². The molecular weight excluding hydrogens is 284 g/mol. The topological polar surface area (TPSA) is 36.9 Å². The molecular formula is C16H38N2O4+2. The fourth-order valence-corrected chi connectivity index (χ4v) is 1.85. The third kappa shape index (κ3) is 13.4. The summed E-state index contributed by atoms with van der Waals surface area (Å²) in [6.45, 7) is 8.40.